The van der Waals surface area contributed by atoms with Crippen LogP contribution < -0.4 is 0 Å². The van der Waals surface area contributed by atoms with Gasteiger partial charge in [-0.25, -0.2) is 8.42 Å². The van der Waals surface area contributed by atoms with Crippen LogP contribution in [0, 0.1) is 10.1 Å². The van der Waals surface area contributed by atoms with Crippen LogP contribution in [0.15, 0.2) is 22.9 Å². The van der Waals surface area contributed by atoms with Crippen molar-refractivity contribution >= 4 is 38.6 Å². The average molecular weight is 297 g/mol. The molecule has 0 bridgehead atoms. The zero-order valence-electron chi connectivity index (χ0n) is 8.79. The highest BCUT2D eigenvalue weighted by atomic mass is 35.5. The average Bonchev–Trinajstić information content (AvgIpc) is 2.61. The molecule has 1 heterocycles. The summed E-state index contributed by atoms with van der Waals surface area (Å²) in [5.74, 6) is 0. The number of hydrogen-bond donors (Lipinski definition) is 0. The summed E-state index contributed by atoms with van der Waals surface area (Å²) < 4.78 is 24.6. The van der Waals surface area contributed by atoms with Crippen molar-refractivity contribution in [2.24, 2.45) is 0 Å². The molecule has 1 rings (SSSR count). The number of nitro groups is 1. The third kappa shape index (κ3) is 2.83. The number of sulfonamides is 1. The molecule has 0 aliphatic heterocycles. The Morgan fingerprint density at radius 3 is 2.71 bits per heavy atom. The summed E-state index contributed by atoms with van der Waals surface area (Å²) in [5, 5.41) is 10.6. The van der Waals surface area contributed by atoms with E-state index in [1.807, 2.05) is 0 Å². The maximum atomic E-state index is 11.9. The van der Waals surface area contributed by atoms with Gasteiger partial charge in [-0.3, -0.25) is 10.1 Å². The van der Waals surface area contributed by atoms with Crippen molar-refractivity contribution in [2.45, 2.75) is 4.21 Å². The molecule has 0 aliphatic rings. The molecule has 94 valence electrons. The number of rotatable bonds is 5. The summed E-state index contributed by atoms with van der Waals surface area (Å²) in [6, 6.07) is 0.960. The van der Waals surface area contributed by atoms with Crippen LogP contribution >= 0.6 is 22.9 Å². The molecule has 0 aromatic carbocycles. The third-order valence-electron chi connectivity index (χ3n) is 1.89. The highest BCUT2D eigenvalue weighted by Gasteiger charge is 2.27. The second-order valence-electron chi connectivity index (χ2n) is 3.06. The second-order valence-corrected chi connectivity index (χ2v) is 6.98. The summed E-state index contributed by atoms with van der Waals surface area (Å²) in [6.45, 7) is 3.54. The van der Waals surface area contributed by atoms with Gasteiger partial charge < -0.3 is 0 Å². The quantitative estimate of drug-likeness (QED) is 0.473. The molecular weight excluding hydrogens is 288 g/mol. The molecule has 9 heteroatoms. The Morgan fingerprint density at radius 1 is 1.71 bits per heavy atom. The van der Waals surface area contributed by atoms with Gasteiger partial charge in [0.2, 0.25) is 0 Å². The predicted octanol–water partition coefficient (Wildman–Crippen LogP) is 2.12. The molecule has 0 N–H and O–H groups in total. The van der Waals surface area contributed by atoms with Gasteiger partial charge in [-0.15, -0.1) is 17.9 Å². The van der Waals surface area contributed by atoms with E-state index < -0.39 is 20.6 Å². The molecule has 0 saturated carbocycles. The molecule has 0 aliphatic carbocycles. The van der Waals surface area contributed by atoms with Crippen LogP contribution in [-0.4, -0.2) is 31.2 Å². The monoisotopic (exact) mass is 296 g/mol. The Labute approximate surface area is 107 Å². The lowest BCUT2D eigenvalue weighted by Gasteiger charge is -2.12. The summed E-state index contributed by atoms with van der Waals surface area (Å²) in [7, 11) is -2.39. The van der Waals surface area contributed by atoms with E-state index in [0.717, 1.165) is 10.4 Å². The van der Waals surface area contributed by atoms with Gasteiger partial charge in [-0.2, -0.15) is 4.31 Å². The molecule has 0 spiro atoms. The van der Waals surface area contributed by atoms with Crippen molar-refractivity contribution in [3.63, 3.8) is 0 Å². The summed E-state index contributed by atoms with van der Waals surface area (Å²) >= 11 is 6.27. The van der Waals surface area contributed by atoms with Crippen LogP contribution in [0.4, 0.5) is 5.69 Å². The van der Waals surface area contributed by atoms with Crippen LogP contribution in [-0.2, 0) is 10.0 Å². The molecule has 0 atom stereocenters. The number of hydrogen-bond acceptors (Lipinski definition) is 5. The lowest BCUT2D eigenvalue weighted by molar-refractivity contribution is -0.384. The SMILES string of the molecule is C=CCN(C)S(=O)(=O)c1cc([N+](=O)[O-])c(Cl)s1. The van der Waals surface area contributed by atoms with Gasteiger partial charge in [0, 0.05) is 19.7 Å². The third-order valence-corrected chi connectivity index (χ3v) is 5.50. The molecule has 1 aromatic heterocycles. The smallest absolute Gasteiger partial charge is 0.258 e. The van der Waals surface area contributed by atoms with E-state index >= 15 is 0 Å². The van der Waals surface area contributed by atoms with E-state index in [0.29, 0.717) is 11.3 Å². The molecule has 0 fully saturated rings. The van der Waals surface area contributed by atoms with Crippen LogP contribution in [0.25, 0.3) is 0 Å². The first kappa shape index (κ1) is 14.1. The predicted molar refractivity (Wildman–Crippen MR) is 66.0 cm³/mol. The molecular formula is C8H9ClN2O4S2. The van der Waals surface area contributed by atoms with E-state index in [4.69, 9.17) is 11.6 Å². The van der Waals surface area contributed by atoms with Crippen molar-refractivity contribution in [1.82, 2.24) is 4.31 Å². The lowest BCUT2D eigenvalue weighted by atomic mass is 10.6. The Morgan fingerprint density at radius 2 is 2.29 bits per heavy atom. The van der Waals surface area contributed by atoms with Gasteiger partial charge in [0.25, 0.3) is 15.7 Å². The number of nitrogens with zero attached hydrogens (tertiary/aromatic N) is 2. The maximum Gasteiger partial charge on any atom is 0.300 e. The highest BCUT2D eigenvalue weighted by molar-refractivity contribution is 7.91. The molecule has 0 saturated heterocycles. The van der Waals surface area contributed by atoms with Gasteiger partial charge in [-0.1, -0.05) is 17.7 Å². The molecule has 0 radical (unpaired) electrons. The fraction of sp³-hybridized carbons (Fsp3) is 0.250. The normalized spacial score (nSPS) is 11.7. The van der Waals surface area contributed by atoms with E-state index in [9.17, 15) is 18.5 Å². The van der Waals surface area contributed by atoms with Crippen molar-refractivity contribution in [1.29, 1.82) is 0 Å². The zero-order chi connectivity index (χ0) is 13.2. The largest absolute Gasteiger partial charge is 0.300 e. The molecule has 6 nitrogen and oxygen atoms in total. The minimum atomic E-state index is -3.74. The number of thiophene rings is 1. The molecule has 0 unspecified atom stereocenters. The van der Waals surface area contributed by atoms with E-state index in [1.165, 1.54) is 13.1 Å². The summed E-state index contributed by atoms with van der Waals surface area (Å²) in [6.07, 6.45) is 1.42. The van der Waals surface area contributed by atoms with Crippen molar-refractivity contribution in [3.8, 4) is 0 Å². The van der Waals surface area contributed by atoms with Gasteiger partial charge in [0.1, 0.15) is 4.21 Å². The lowest BCUT2D eigenvalue weighted by Crippen LogP contribution is -2.26. The fourth-order valence-electron chi connectivity index (χ4n) is 1.02. The maximum absolute atomic E-state index is 11.9. The summed E-state index contributed by atoms with van der Waals surface area (Å²) in [4.78, 5) is 9.84. The Balaban J connectivity index is 3.21. The van der Waals surface area contributed by atoms with Gasteiger partial charge in [0.05, 0.1) is 4.92 Å². The van der Waals surface area contributed by atoms with E-state index in [2.05, 4.69) is 6.58 Å². The van der Waals surface area contributed by atoms with Crippen molar-refractivity contribution < 1.29 is 13.3 Å². The Hall–Kier alpha value is -0.960. The van der Waals surface area contributed by atoms with E-state index in [-0.39, 0.29) is 15.1 Å². The van der Waals surface area contributed by atoms with Gasteiger partial charge in [0.15, 0.2) is 4.34 Å². The second kappa shape index (κ2) is 5.13. The van der Waals surface area contributed by atoms with E-state index in [1.54, 1.807) is 0 Å². The van der Waals surface area contributed by atoms with Crippen molar-refractivity contribution in [2.75, 3.05) is 13.6 Å². The van der Waals surface area contributed by atoms with Crippen LogP contribution in [0.1, 0.15) is 0 Å². The standard InChI is InChI=1S/C8H9ClN2O4S2/c1-3-4-10(2)17(14,15)7-5-6(11(12)13)8(9)16-7/h3,5H,1,4H2,2H3. The molecule has 0 amide bonds. The first-order valence-corrected chi connectivity index (χ1v) is 6.95. The Bertz CT molecular complexity index is 552. The topological polar surface area (TPSA) is 80.5 Å². The van der Waals surface area contributed by atoms with Crippen LogP contribution in [0.5, 0.6) is 0 Å². The molecule has 17 heavy (non-hydrogen) atoms. The first-order chi connectivity index (χ1) is 7.80. The number of halogens is 1. The van der Waals surface area contributed by atoms with Gasteiger partial charge >= 0.3 is 0 Å². The Kier molecular flexibility index (Phi) is 4.26. The van der Waals surface area contributed by atoms with Crippen LogP contribution in [0.3, 0.4) is 0 Å². The first-order valence-electron chi connectivity index (χ1n) is 4.31. The van der Waals surface area contributed by atoms with Gasteiger partial charge in [-0.05, 0) is 0 Å². The zero-order valence-corrected chi connectivity index (χ0v) is 11.2. The molecule has 1 aromatic rings. The minimum absolute atomic E-state index is 0.117. The summed E-state index contributed by atoms with van der Waals surface area (Å²) in [5.41, 5.74) is -0.401. The minimum Gasteiger partial charge on any atom is -0.258 e. The number of likely N-dealkylation sites (N-methyl/N-ethyl adjacent to an activating group) is 1. The highest BCUT2D eigenvalue weighted by Crippen LogP contribution is 2.37. The fourth-order valence-corrected chi connectivity index (χ4v) is 4.04. The van der Waals surface area contributed by atoms with Crippen molar-refractivity contribution in [3.05, 3.63) is 33.2 Å². The van der Waals surface area contributed by atoms with Crippen LogP contribution in [0.2, 0.25) is 4.34 Å².